The summed E-state index contributed by atoms with van der Waals surface area (Å²) in [4.78, 5) is 4.97. The molecule has 8 aliphatic rings. The molecule has 10 atom stereocenters. The van der Waals surface area contributed by atoms with Crippen molar-refractivity contribution in [2.45, 2.75) is 36.4 Å². The molecule has 2 saturated heterocycles. The van der Waals surface area contributed by atoms with Gasteiger partial charge >= 0.3 is 0 Å². The predicted molar refractivity (Wildman–Crippen MR) is 294 cm³/mol. The number of hydrogen-bond donors (Lipinski definition) is 0. The third-order valence-corrected chi connectivity index (χ3v) is 16.5. The molecule has 0 N–H and O–H groups in total. The van der Waals surface area contributed by atoms with Crippen molar-refractivity contribution in [3.63, 3.8) is 0 Å². The molecule has 0 amide bonds. The molecule has 0 radical (unpaired) electrons. The lowest BCUT2D eigenvalue weighted by Gasteiger charge is -2.39. The second-order valence-electron chi connectivity index (χ2n) is 20.4. The van der Waals surface area contributed by atoms with Gasteiger partial charge in [-0.25, -0.2) is 0 Å². The minimum Gasteiger partial charge on any atom is -0.483 e. The summed E-state index contributed by atoms with van der Waals surface area (Å²) in [6.07, 6.45) is 29.1. The van der Waals surface area contributed by atoms with E-state index in [-0.39, 0.29) is 60.1 Å². The fraction of sp³-hybridized carbons (Fsp3) is 0.147. The molecule has 2 fully saturated rings. The van der Waals surface area contributed by atoms with E-state index in [1.54, 1.807) is 0 Å². The summed E-state index contributed by atoms with van der Waals surface area (Å²) < 4.78 is 21.6. The number of fused-ring (bicyclic) bond motifs is 13. The first-order valence-corrected chi connectivity index (χ1v) is 25.9. The van der Waals surface area contributed by atoms with Crippen molar-refractivity contribution in [3.05, 3.63) is 288 Å². The lowest BCUT2D eigenvalue weighted by molar-refractivity contribution is 0.0314. The first-order chi connectivity index (χ1) is 36.2. The van der Waals surface area contributed by atoms with Gasteiger partial charge in [0.2, 0.25) is 0 Å². The molecule has 10 unspecified atom stereocenters. The molecular formula is C68H52N2O3. The average Bonchev–Trinajstić information content (AvgIpc) is 4.17. The molecule has 0 spiro atoms. The fourth-order valence-corrected chi connectivity index (χ4v) is 13.1. The van der Waals surface area contributed by atoms with E-state index >= 15 is 0 Å². The molecule has 7 aromatic rings. The summed E-state index contributed by atoms with van der Waals surface area (Å²) in [7, 11) is 0. The minimum atomic E-state index is -0.170. The highest BCUT2D eigenvalue weighted by Gasteiger charge is 2.52. The van der Waals surface area contributed by atoms with E-state index in [1.807, 2.05) is 0 Å². The summed E-state index contributed by atoms with van der Waals surface area (Å²) in [5.74, 6) is 1.55. The number of ether oxygens (including phenoxy) is 3. The van der Waals surface area contributed by atoms with Crippen molar-refractivity contribution >= 4 is 28.5 Å². The highest BCUT2D eigenvalue weighted by molar-refractivity contribution is 5.94. The van der Waals surface area contributed by atoms with Gasteiger partial charge in [0.1, 0.15) is 18.0 Å². The summed E-state index contributed by atoms with van der Waals surface area (Å²) in [6, 6.07) is 64.0. The van der Waals surface area contributed by atoms with Gasteiger partial charge in [-0.2, -0.15) is 0 Å². The minimum absolute atomic E-state index is 0.00369. The van der Waals surface area contributed by atoms with Crippen LogP contribution >= 0.6 is 0 Å². The maximum absolute atomic E-state index is 7.51. The second-order valence-corrected chi connectivity index (χ2v) is 20.4. The lowest BCUT2D eigenvalue weighted by atomic mass is 9.74. The van der Waals surface area contributed by atoms with Crippen LogP contribution in [0.25, 0.3) is 33.6 Å². The van der Waals surface area contributed by atoms with E-state index in [4.69, 9.17) is 14.2 Å². The molecule has 0 aromatic heterocycles. The standard InChI is InChI=1S/C68H52N2O3/c1-3-17-43(18-4-1)45-33-37-47(38-34-45)69(59-29-15-27-55-51-23-11-13-31-63(51)71-67(55)59)61-41-57-58-42-62(50-22-8-10-26-54(50)66(58)73-65(57)53-25-9-7-21-49(53)61)70(48-39-35-46(36-40-48)44-19-5-2-6-20-44)60-30-16-28-56-52-24-12-14-32-64(52)72-68(56)60/h1-42,51-52,55,57-58,63-67H. The summed E-state index contributed by atoms with van der Waals surface area (Å²) in [5, 5.41) is 0. The number of nitrogens with zero attached hydrogens (tertiary/aromatic N) is 2. The van der Waals surface area contributed by atoms with Gasteiger partial charge in [-0.3, -0.25) is 0 Å². The maximum atomic E-state index is 7.51. The third-order valence-electron chi connectivity index (χ3n) is 16.5. The Balaban J connectivity index is 0.903. The van der Waals surface area contributed by atoms with Crippen LogP contribution in [0.4, 0.5) is 17.1 Å². The van der Waals surface area contributed by atoms with Crippen LogP contribution in [0.15, 0.2) is 261 Å². The third kappa shape index (κ3) is 6.90. The van der Waals surface area contributed by atoms with Crippen molar-refractivity contribution < 1.29 is 14.2 Å². The largest absolute Gasteiger partial charge is 0.483 e. The van der Waals surface area contributed by atoms with E-state index in [0.717, 1.165) is 45.5 Å². The first-order valence-electron chi connectivity index (χ1n) is 25.9. The van der Waals surface area contributed by atoms with Crippen molar-refractivity contribution in [2.24, 2.45) is 23.7 Å². The Morgan fingerprint density at radius 3 is 1.53 bits per heavy atom. The number of rotatable bonds is 8. The molecule has 7 aromatic carbocycles. The van der Waals surface area contributed by atoms with Crippen molar-refractivity contribution in [1.82, 2.24) is 0 Å². The summed E-state index contributed by atoms with van der Waals surface area (Å²) in [5.41, 5.74) is 17.3. The average molecular weight is 945 g/mol. The van der Waals surface area contributed by atoms with E-state index < -0.39 is 0 Å². The molecule has 3 aliphatic heterocycles. The van der Waals surface area contributed by atoms with Crippen molar-refractivity contribution in [3.8, 4) is 28.0 Å². The molecule has 5 heteroatoms. The Kier molecular flexibility index (Phi) is 10.0. The van der Waals surface area contributed by atoms with Gasteiger partial charge in [0.15, 0.2) is 0 Å². The number of benzene rings is 7. The SMILES string of the molecule is C1=CC2Oc3c(cccc3N(C3=CC4C(OC5c6ccccc6C(N(C6=CC=CC7C6OC6C=CC=CC67)c6ccc(-c7ccccc7)cc6)=CC54)c4ccccc43)c3ccc(-c4ccccc4)cc3)C2C=C1. The zero-order chi connectivity index (χ0) is 48.0. The van der Waals surface area contributed by atoms with E-state index in [1.165, 1.54) is 44.5 Å². The zero-order valence-electron chi connectivity index (χ0n) is 40.1. The van der Waals surface area contributed by atoms with Crippen LogP contribution in [-0.4, -0.2) is 18.3 Å². The van der Waals surface area contributed by atoms with Gasteiger partial charge in [-0.1, -0.05) is 212 Å². The van der Waals surface area contributed by atoms with Gasteiger partial charge in [0.05, 0.1) is 35.4 Å². The molecule has 0 saturated carbocycles. The van der Waals surface area contributed by atoms with Gasteiger partial charge in [-0.15, -0.1) is 0 Å². The lowest BCUT2D eigenvalue weighted by Crippen LogP contribution is -2.35. The second kappa shape index (κ2) is 17.2. The van der Waals surface area contributed by atoms with E-state index in [0.29, 0.717) is 0 Å². The molecule has 0 bridgehead atoms. The quantitative estimate of drug-likeness (QED) is 0.152. The van der Waals surface area contributed by atoms with Gasteiger partial charge in [0.25, 0.3) is 0 Å². The Morgan fingerprint density at radius 2 is 0.877 bits per heavy atom. The van der Waals surface area contributed by atoms with Gasteiger partial charge < -0.3 is 24.0 Å². The fourth-order valence-electron chi connectivity index (χ4n) is 13.1. The van der Waals surface area contributed by atoms with Crippen LogP contribution in [0.2, 0.25) is 0 Å². The number of para-hydroxylation sites is 1. The highest BCUT2D eigenvalue weighted by atomic mass is 16.5. The maximum Gasteiger partial charge on any atom is 0.148 e. The molecule has 5 nitrogen and oxygen atoms in total. The summed E-state index contributed by atoms with van der Waals surface area (Å²) in [6.45, 7) is 0. The normalized spacial score (nSPS) is 26.9. The predicted octanol–water partition coefficient (Wildman–Crippen LogP) is 15.7. The van der Waals surface area contributed by atoms with E-state index in [9.17, 15) is 0 Å². The van der Waals surface area contributed by atoms with Crippen LogP contribution in [0.3, 0.4) is 0 Å². The number of hydrogen-bond acceptors (Lipinski definition) is 5. The Morgan fingerprint density at radius 1 is 0.356 bits per heavy atom. The van der Waals surface area contributed by atoms with Crippen molar-refractivity contribution in [1.29, 1.82) is 0 Å². The Bertz CT molecular complexity index is 3560. The molecule has 352 valence electrons. The number of allylic oxidation sites excluding steroid dienone is 6. The van der Waals surface area contributed by atoms with Gasteiger partial charge in [-0.05, 0) is 75.9 Å². The molecule has 73 heavy (non-hydrogen) atoms. The Hall–Kier alpha value is -8.22. The highest BCUT2D eigenvalue weighted by Crippen LogP contribution is 2.60. The number of anilines is 3. The smallest absolute Gasteiger partial charge is 0.148 e. The molecular weight excluding hydrogens is 893 g/mol. The van der Waals surface area contributed by atoms with Crippen LogP contribution in [-0.2, 0) is 9.47 Å². The van der Waals surface area contributed by atoms with Gasteiger partial charge in [0, 0.05) is 63.4 Å². The van der Waals surface area contributed by atoms with Crippen LogP contribution in [0.1, 0.15) is 45.9 Å². The first kappa shape index (κ1) is 42.5. The van der Waals surface area contributed by atoms with Crippen LogP contribution in [0, 0.1) is 23.7 Å². The molecule has 3 heterocycles. The van der Waals surface area contributed by atoms with E-state index in [2.05, 4.69) is 265 Å². The zero-order valence-corrected chi connectivity index (χ0v) is 40.1. The Labute approximate surface area is 427 Å². The van der Waals surface area contributed by atoms with Crippen LogP contribution in [0.5, 0.6) is 5.75 Å². The monoisotopic (exact) mass is 944 g/mol. The summed E-state index contributed by atoms with van der Waals surface area (Å²) >= 11 is 0. The van der Waals surface area contributed by atoms with Crippen molar-refractivity contribution in [2.75, 3.05) is 9.80 Å². The molecule has 5 aliphatic carbocycles. The topological polar surface area (TPSA) is 34.2 Å². The van der Waals surface area contributed by atoms with Crippen LogP contribution < -0.4 is 14.5 Å². The molecule has 15 rings (SSSR count).